The number of allylic oxidation sites excluding steroid dienone is 1. The van der Waals surface area contributed by atoms with Crippen LogP contribution in [0.2, 0.25) is 0 Å². The highest BCUT2D eigenvalue weighted by Crippen LogP contribution is 2.11. The Bertz CT molecular complexity index is 760. The lowest BCUT2D eigenvalue weighted by molar-refractivity contribution is 0.518. The first kappa shape index (κ1) is 15.0. The van der Waals surface area contributed by atoms with E-state index in [1.54, 1.807) is 11.8 Å². The number of hydrogen-bond acceptors (Lipinski definition) is 6. The van der Waals surface area contributed by atoms with Crippen LogP contribution in [0.3, 0.4) is 0 Å². The molecule has 0 aliphatic rings. The predicted molar refractivity (Wildman–Crippen MR) is 83.5 cm³/mol. The zero-order valence-corrected chi connectivity index (χ0v) is 13.2. The molecule has 2 aromatic heterocycles. The van der Waals surface area contributed by atoms with Gasteiger partial charge in [0.2, 0.25) is 11.7 Å². The Morgan fingerprint density at radius 3 is 2.43 bits per heavy atom. The minimum atomic E-state index is -0.180. The van der Waals surface area contributed by atoms with Crippen molar-refractivity contribution in [3.63, 3.8) is 0 Å². The van der Waals surface area contributed by atoms with E-state index in [2.05, 4.69) is 15.0 Å². The first-order chi connectivity index (χ1) is 9.79. The Morgan fingerprint density at radius 2 is 1.86 bits per heavy atom. The summed E-state index contributed by atoms with van der Waals surface area (Å²) in [5.41, 5.74) is 1.44. The summed E-state index contributed by atoms with van der Waals surface area (Å²) in [6, 6.07) is 1.48. The highest BCUT2D eigenvalue weighted by Gasteiger charge is 2.11. The van der Waals surface area contributed by atoms with Crippen LogP contribution in [0.4, 0.5) is 5.95 Å². The molecule has 7 nitrogen and oxygen atoms in total. The van der Waals surface area contributed by atoms with E-state index >= 15 is 0 Å². The molecule has 0 N–H and O–H groups in total. The Kier molecular flexibility index (Phi) is 3.93. The van der Waals surface area contributed by atoms with Gasteiger partial charge in [-0.2, -0.15) is 9.97 Å². The highest BCUT2D eigenvalue weighted by atomic mass is 16.1. The summed E-state index contributed by atoms with van der Waals surface area (Å²) in [5, 5.41) is 0. The van der Waals surface area contributed by atoms with E-state index < -0.39 is 0 Å². The molecule has 2 heterocycles. The van der Waals surface area contributed by atoms with Gasteiger partial charge in [0, 0.05) is 51.7 Å². The zero-order chi connectivity index (χ0) is 15.7. The van der Waals surface area contributed by atoms with Crippen LogP contribution in [0.1, 0.15) is 18.4 Å². The second-order valence-corrected chi connectivity index (χ2v) is 5.33. The third-order valence-electron chi connectivity index (χ3n) is 3.12. The molecular formula is C14H20N6O. The largest absolute Gasteiger partial charge is 0.381 e. The van der Waals surface area contributed by atoms with Crippen molar-refractivity contribution in [3.8, 4) is 0 Å². The number of anilines is 1. The molecule has 0 fully saturated rings. The number of rotatable bonds is 3. The van der Waals surface area contributed by atoms with E-state index in [1.807, 2.05) is 46.1 Å². The molecule has 0 saturated carbocycles. The molecule has 0 unspecified atom stereocenters. The van der Waals surface area contributed by atoms with Crippen molar-refractivity contribution >= 4 is 17.8 Å². The van der Waals surface area contributed by atoms with Crippen LogP contribution in [0, 0.1) is 6.92 Å². The van der Waals surface area contributed by atoms with Gasteiger partial charge in [-0.3, -0.25) is 4.79 Å². The fourth-order valence-corrected chi connectivity index (χ4v) is 1.75. The van der Waals surface area contributed by atoms with Crippen LogP contribution in [-0.2, 0) is 0 Å². The third-order valence-corrected chi connectivity index (χ3v) is 3.12. The molecule has 0 bridgehead atoms. The van der Waals surface area contributed by atoms with Gasteiger partial charge < -0.3 is 9.80 Å². The summed E-state index contributed by atoms with van der Waals surface area (Å²) >= 11 is 0. The third kappa shape index (κ3) is 3.01. The minimum Gasteiger partial charge on any atom is -0.381 e. The van der Waals surface area contributed by atoms with Gasteiger partial charge in [0.15, 0.2) is 0 Å². The Labute approximate surface area is 123 Å². The maximum atomic E-state index is 12.2. The Morgan fingerprint density at radius 1 is 1.19 bits per heavy atom. The van der Waals surface area contributed by atoms with E-state index in [0.717, 1.165) is 5.70 Å². The quantitative estimate of drug-likeness (QED) is 0.831. The molecule has 2 rings (SSSR count). The molecule has 0 aliphatic heterocycles. The van der Waals surface area contributed by atoms with E-state index in [1.165, 1.54) is 10.5 Å². The van der Waals surface area contributed by atoms with Crippen LogP contribution < -0.4 is 10.5 Å². The fraction of sp³-hybridized carbons (Fsp3) is 0.429. The second kappa shape index (κ2) is 5.51. The van der Waals surface area contributed by atoms with Gasteiger partial charge in [-0.25, -0.2) is 9.38 Å². The molecular weight excluding hydrogens is 268 g/mol. The molecule has 0 aromatic carbocycles. The monoisotopic (exact) mass is 288 g/mol. The van der Waals surface area contributed by atoms with Crippen LogP contribution in [-0.4, -0.2) is 52.4 Å². The van der Waals surface area contributed by atoms with E-state index in [0.29, 0.717) is 23.2 Å². The van der Waals surface area contributed by atoms with Crippen LogP contribution in [0.25, 0.3) is 11.9 Å². The van der Waals surface area contributed by atoms with E-state index in [4.69, 9.17) is 0 Å². The maximum Gasteiger partial charge on any atom is 0.260 e. The van der Waals surface area contributed by atoms with Gasteiger partial charge in [-0.05, 0) is 13.8 Å². The van der Waals surface area contributed by atoms with Crippen molar-refractivity contribution in [2.75, 3.05) is 33.1 Å². The van der Waals surface area contributed by atoms with E-state index in [-0.39, 0.29) is 5.56 Å². The van der Waals surface area contributed by atoms with Gasteiger partial charge in [0.05, 0.1) is 0 Å². The Hall–Kier alpha value is -2.44. The first-order valence-corrected chi connectivity index (χ1v) is 6.61. The smallest absolute Gasteiger partial charge is 0.260 e. The predicted octanol–water partition coefficient (Wildman–Crippen LogP) is 0.781. The summed E-state index contributed by atoms with van der Waals surface area (Å²) < 4.78 is 1.42. The van der Waals surface area contributed by atoms with Gasteiger partial charge in [-0.1, -0.05) is 0 Å². The molecule has 0 atom stereocenters. The van der Waals surface area contributed by atoms with Crippen LogP contribution in [0.15, 0.2) is 16.6 Å². The SMILES string of the molecule is C/C(=C\c1nc(N(C)C)nc2nc(C)cc(=O)n12)N(C)C. The topological polar surface area (TPSA) is 66.6 Å². The molecule has 21 heavy (non-hydrogen) atoms. The lowest BCUT2D eigenvalue weighted by atomic mass is 10.3. The van der Waals surface area contributed by atoms with Gasteiger partial charge in [0.1, 0.15) is 5.82 Å². The lowest BCUT2D eigenvalue weighted by Gasteiger charge is -2.15. The molecule has 112 valence electrons. The number of hydrogen-bond donors (Lipinski definition) is 0. The number of fused-ring (bicyclic) bond motifs is 1. The molecule has 0 spiro atoms. The van der Waals surface area contributed by atoms with Crippen molar-refractivity contribution in [1.82, 2.24) is 24.3 Å². The van der Waals surface area contributed by atoms with Gasteiger partial charge in [-0.15, -0.1) is 0 Å². The number of nitrogens with zero attached hydrogens (tertiary/aromatic N) is 6. The van der Waals surface area contributed by atoms with Gasteiger partial charge >= 0.3 is 0 Å². The van der Waals surface area contributed by atoms with Crippen molar-refractivity contribution in [2.45, 2.75) is 13.8 Å². The molecule has 0 amide bonds. The number of aromatic nitrogens is 4. The molecule has 7 heteroatoms. The number of aryl methyl sites for hydroxylation is 1. The van der Waals surface area contributed by atoms with Crippen LogP contribution in [0.5, 0.6) is 0 Å². The maximum absolute atomic E-state index is 12.2. The standard InChI is InChI=1S/C14H20N6O/c1-9-7-12(21)20-11(8-10(2)18(3)4)16-13(19(5)6)17-14(20)15-9/h7-8H,1-6H3/b10-8+. The van der Waals surface area contributed by atoms with Crippen molar-refractivity contribution in [3.05, 3.63) is 33.6 Å². The summed E-state index contributed by atoms with van der Waals surface area (Å²) in [6.45, 7) is 3.73. The molecule has 0 saturated heterocycles. The summed E-state index contributed by atoms with van der Waals surface area (Å²) in [4.78, 5) is 29.1. The molecule has 0 aliphatic carbocycles. The van der Waals surface area contributed by atoms with Crippen molar-refractivity contribution in [2.24, 2.45) is 0 Å². The summed E-state index contributed by atoms with van der Waals surface area (Å²) in [5.74, 6) is 1.40. The Balaban J connectivity index is 2.83. The van der Waals surface area contributed by atoms with Crippen molar-refractivity contribution < 1.29 is 0 Å². The average molecular weight is 288 g/mol. The highest BCUT2D eigenvalue weighted by molar-refractivity contribution is 5.51. The zero-order valence-electron chi connectivity index (χ0n) is 13.2. The first-order valence-electron chi connectivity index (χ1n) is 6.61. The normalized spacial score (nSPS) is 11.8. The van der Waals surface area contributed by atoms with Crippen LogP contribution >= 0.6 is 0 Å². The summed E-state index contributed by atoms with van der Waals surface area (Å²) in [7, 11) is 7.58. The lowest BCUT2D eigenvalue weighted by Crippen LogP contribution is -2.23. The van der Waals surface area contributed by atoms with E-state index in [9.17, 15) is 4.79 Å². The molecule has 2 aromatic rings. The second-order valence-electron chi connectivity index (χ2n) is 5.33. The molecule has 0 radical (unpaired) electrons. The van der Waals surface area contributed by atoms with Crippen molar-refractivity contribution in [1.29, 1.82) is 0 Å². The average Bonchev–Trinajstić information content (AvgIpc) is 2.36. The minimum absolute atomic E-state index is 0.180. The summed E-state index contributed by atoms with van der Waals surface area (Å²) in [6.07, 6.45) is 1.85. The van der Waals surface area contributed by atoms with Gasteiger partial charge in [0.25, 0.3) is 5.56 Å². The fourth-order valence-electron chi connectivity index (χ4n) is 1.75.